The molecule has 24 heavy (non-hydrogen) atoms. The number of anilines is 2. The molecule has 0 saturated heterocycles. The molecule has 2 aromatic heterocycles. The Balaban J connectivity index is 2.10. The first-order chi connectivity index (χ1) is 11.5. The molecule has 0 spiro atoms. The van der Waals surface area contributed by atoms with Crippen molar-refractivity contribution in [1.29, 1.82) is 10.5 Å². The Kier molecular flexibility index (Phi) is 5.68. The lowest BCUT2D eigenvalue weighted by atomic mass is 10.1. The molecule has 0 fully saturated rings. The predicted octanol–water partition coefficient (Wildman–Crippen LogP) is 1.86. The quantitative estimate of drug-likeness (QED) is 0.770. The van der Waals surface area contributed by atoms with Gasteiger partial charge in [-0.05, 0) is 18.9 Å². The van der Waals surface area contributed by atoms with E-state index >= 15 is 0 Å². The lowest BCUT2D eigenvalue weighted by Crippen LogP contribution is -2.14. The van der Waals surface area contributed by atoms with Gasteiger partial charge in [0.25, 0.3) is 0 Å². The molecule has 122 valence electrons. The van der Waals surface area contributed by atoms with Gasteiger partial charge in [-0.3, -0.25) is 10.1 Å². The van der Waals surface area contributed by atoms with E-state index in [-0.39, 0.29) is 28.6 Å². The average Bonchev–Trinajstić information content (AvgIpc) is 3.00. The number of nitrogens with zero attached hydrogens (tertiary/aromatic N) is 5. The standard InChI is InChI=1S/C14H13N7OS2/c1-3-11-20-21-14(24-11)18-10(22)6-23-13-9(5-16)7(2)8(4-15)12(17)19-13/h3,6H2,1-2H3,(H2,17,19)(H,18,21,22). The van der Waals surface area contributed by atoms with Crippen LogP contribution in [0.15, 0.2) is 5.03 Å². The van der Waals surface area contributed by atoms with E-state index in [2.05, 4.69) is 20.5 Å². The second-order valence-electron chi connectivity index (χ2n) is 4.59. The van der Waals surface area contributed by atoms with E-state index in [9.17, 15) is 10.1 Å². The van der Waals surface area contributed by atoms with Crippen LogP contribution in [0.4, 0.5) is 10.9 Å². The third-order valence-electron chi connectivity index (χ3n) is 3.02. The summed E-state index contributed by atoms with van der Waals surface area (Å²) in [5.41, 5.74) is 6.63. The van der Waals surface area contributed by atoms with E-state index in [1.807, 2.05) is 19.1 Å². The SMILES string of the molecule is CCc1nnc(NC(=O)CSc2nc(N)c(C#N)c(C)c2C#N)s1. The van der Waals surface area contributed by atoms with Crippen molar-refractivity contribution >= 4 is 40.0 Å². The van der Waals surface area contributed by atoms with Gasteiger partial charge in [-0.1, -0.05) is 30.0 Å². The van der Waals surface area contributed by atoms with Crippen LogP contribution in [0.25, 0.3) is 0 Å². The van der Waals surface area contributed by atoms with E-state index in [0.29, 0.717) is 15.7 Å². The van der Waals surface area contributed by atoms with Crippen molar-refractivity contribution < 1.29 is 4.79 Å². The topological polar surface area (TPSA) is 141 Å². The number of pyridine rings is 1. The number of nitrogens with two attached hydrogens (primary N) is 1. The van der Waals surface area contributed by atoms with Gasteiger partial charge in [0.2, 0.25) is 11.0 Å². The molecular formula is C14H13N7OS2. The number of aryl methyl sites for hydroxylation is 1. The van der Waals surface area contributed by atoms with E-state index in [1.54, 1.807) is 6.92 Å². The largest absolute Gasteiger partial charge is 0.383 e. The smallest absolute Gasteiger partial charge is 0.236 e. The first-order valence-corrected chi connectivity index (χ1v) is 8.65. The number of nitrogens with one attached hydrogen (secondary N) is 1. The molecule has 1 amide bonds. The molecule has 2 aromatic rings. The number of amides is 1. The van der Waals surface area contributed by atoms with E-state index in [1.165, 1.54) is 11.3 Å². The van der Waals surface area contributed by atoms with Gasteiger partial charge >= 0.3 is 0 Å². The van der Waals surface area contributed by atoms with Crippen molar-refractivity contribution in [1.82, 2.24) is 15.2 Å². The van der Waals surface area contributed by atoms with E-state index in [0.717, 1.165) is 23.2 Å². The van der Waals surface area contributed by atoms with E-state index < -0.39 is 0 Å². The number of aromatic nitrogens is 3. The Morgan fingerprint density at radius 3 is 2.62 bits per heavy atom. The Morgan fingerprint density at radius 1 is 1.33 bits per heavy atom. The summed E-state index contributed by atoms with van der Waals surface area (Å²) in [5.74, 6) is -0.202. The summed E-state index contributed by atoms with van der Waals surface area (Å²) < 4.78 is 0. The molecule has 0 aliphatic heterocycles. The number of nitriles is 2. The van der Waals surface area contributed by atoms with Crippen molar-refractivity contribution in [3.63, 3.8) is 0 Å². The maximum atomic E-state index is 12.0. The van der Waals surface area contributed by atoms with Gasteiger partial charge in [0.05, 0.1) is 16.9 Å². The van der Waals surface area contributed by atoms with Crippen LogP contribution >= 0.6 is 23.1 Å². The molecule has 0 saturated carbocycles. The predicted molar refractivity (Wildman–Crippen MR) is 91.5 cm³/mol. The Hall–Kier alpha value is -2.69. The van der Waals surface area contributed by atoms with Gasteiger partial charge in [0.1, 0.15) is 28.0 Å². The molecule has 10 heteroatoms. The highest BCUT2D eigenvalue weighted by molar-refractivity contribution is 8.00. The molecule has 0 atom stereocenters. The lowest BCUT2D eigenvalue weighted by molar-refractivity contribution is -0.113. The highest BCUT2D eigenvalue weighted by Gasteiger charge is 2.17. The number of hydrogen-bond donors (Lipinski definition) is 2. The number of nitrogen functional groups attached to an aromatic ring is 1. The summed E-state index contributed by atoms with van der Waals surface area (Å²) in [6.07, 6.45) is 0.752. The molecule has 0 aliphatic rings. The van der Waals surface area contributed by atoms with Crippen LogP contribution in [-0.2, 0) is 11.2 Å². The summed E-state index contributed by atoms with van der Waals surface area (Å²) in [4.78, 5) is 16.1. The fraction of sp³-hybridized carbons (Fsp3) is 0.286. The van der Waals surface area contributed by atoms with E-state index in [4.69, 9.17) is 11.0 Å². The monoisotopic (exact) mass is 359 g/mol. The fourth-order valence-electron chi connectivity index (χ4n) is 1.81. The number of carbonyl (C=O) groups excluding carboxylic acids is 1. The maximum absolute atomic E-state index is 12.0. The highest BCUT2D eigenvalue weighted by atomic mass is 32.2. The van der Waals surface area contributed by atoms with Crippen molar-refractivity contribution in [2.45, 2.75) is 25.3 Å². The molecule has 2 rings (SSSR count). The average molecular weight is 359 g/mol. The fourth-order valence-corrected chi connectivity index (χ4v) is 3.35. The molecule has 0 bridgehead atoms. The third kappa shape index (κ3) is 3.79. The Morgan fingerprint density at radius 2 is 2.04 bits per heavy atom. The summed E-state index contributed by atoms with van der Waals surface area (Å²) in [6, 6.07) is 3.94. The summed E-state index contributed by atoms with van der Waals surface area (Å²) >= 11 is 2.39. The molecule has 0 aromatic carbocycles. The van der Waals surface area contributed by atoms with Gasteiger partial charge in [-0.2, -0.15) is 10.5 Å². The lowest BCUT2D eigenvalue weighted by Gasteiger charge is -2.09. The first-order valence-electron chi connectivity index (χ1n) is 6.85. The zero-order valence-electron chi connectivity index (χ0n) is 13.0. The number of hydrogen-bond acceptors (Lipinski definition) is 9. The second kappa shape index (κ2) is 7.73. The van der Waals surface area contributed by atoms with Crippen LogP contribution in [0.3, 0.4) is 0 Å². The molecule has 0 radical (unpaired) electrons. The molecule has 0 unspecified atom stereocenters. The Bertz CT molecular complexity index is 863. The van der Waals surface area contributed by atoms with Crippen molar-refractivity contribution in [2.75, 3.05) is 16.8 Å². The zero-order chi connectivity index (χ0) is 17.7. The number of thioether (sulfide) groups is 1. The number of carbonyl (C=O) groups is 1. The third-order valence-corrected chi connectivity index (χ3v) is 4.98. The van der Waals surface area contributed by atoms with Gasteiger partial charge in [-0.15, -0.1) is 10.2 Å². The van der Waals surface area contributed by atoms with Crippen molar-refractivity contribution in [3.05, 3.63) is 21.7 Å². The van der Waals surface area contributed by atoms with Gasteiger partial charge in [-0.25, -0.2) is 4.98 Å². The van der Waals surface area contributed by atoms with Crippen LogP contribution in [0.2, 0.25) is 0 Å². The normalized spacial score (nSPS) is 10.0. The summed E-state index contributed by atoms with van der Waals surface area (Å²) in [5, 5.41) is 30.4. The van der Waals surface area contributed by atoms with Crippen LogP contribution in [0.1, 0.15) is 28.6 Å². The first kappa shape index (κ1) is 17.7. The maximum Gasteiger partial charge on any atom is 0.236 e. The molecule has 2 heterocycles. The molecule has 8 nitrogen and oxygen atoms in total. The Labute approximate surface area is 146 Å². The van der Waals surface area contributed by atoms with Crippen molar-refractivity contribution in [2.24, 2.45) is 0 Å². The molecular weight excluding hydrogens is 346 g/mol. The molecule has 3 N–H and O–H groups in total. The van der Waals surface area contributed by atoms with Crippen LogP contribution < -0.4 is 11.1 Å². The minimum atomic E-state index is -0.287. The van der Waals surface area contributed by atoms with Crippen LogP contribution in [-0.4, -0.2) is 26.8 Å². The second-order valence-corrected chi connectivity index (χ2v) is 6.62. The van der Waals surface area contributed by atoms with Gasteiger partial charge in [0.15, 0.2) is 0 Å². The summed E-state index contributed by atoms with van der Waals surface area (Å²) in [7, 11) is 0. The summed E-state index contributed by atoms with van der Waals surface area (Å²) in [6.45, 7) is 3.58. The minimum absolute atomic E-state index is 0.0352. The van der Waals surface area contributed by atoms with Gasteiger partial charge < -0.3 is 5.73 Å². The molecule has 0 aliphatic carbocycles. The zero-order valence-corrected chi connectivity index (χ0v) is 14.6. The number of rotatable bonds is 5. The van der Waals surface area contributed by atoms with Crippen molar-refractivity contribution in [3.8, 4) is 12.1 Å². The van der Waals surface area contributed by atoms with Crippen LogP contribution in [0.5, 0.6) is 0 Å². The van der Waals surface area contributed by atoms with Gasteiger partial charge in [0, 0.05) is 0 Å². The highest BCUT2D eigenvalue weighted by Crippen LogP contribution is 2.28. The van der Waals surface area contributed by atoms with Crippen LogP contribution in [0, 0.1) is 29.6 Å². The minimum Gasteiger partial charge on any atom is -0.383 e.